The zero-order chi connectivity index (χ0) is 29.5. The third-order valence-corrected chi connectivity index (χ3v) is 7.97. The number of hydrogen-bond acceptors (Lipinski definition) is 4. The third kappa shape index (κ3) is 6.53. The van der Waals surface area contributed by atoms with Crippen LogP contribution in [0.15, 0.2) is 60.7 Å². The van der Waals surface area contributed by atoms with Crippen LogP contribution in [0.25, 0.3) is 11.1 Å². The molecular formula is C29H27F4N3O4S. The Morgan fingerprint density at radius 1 is 1.02 bits per heavy atom. The van der Waals surface area contributed by atoms with Gasteiger partial charge in [-0.2, -0.15) is 13.2 Å². The van der Waals surface area contributed by atoms with Crippen molar-refractivity contribution in [1.82, 2.24) is 5.32 Å². The molecule has 1 saturated carbocycles. The number of sulfone groups is 1. The average Bonchev–Trinajstić information content (AvgIpc) is 3.68. The highest BCUT2D eigenvalue weighted by Crippen LogP contribution is 2.46. The van der Waals surface area contributed by atoms with Gasteiger partial charge in [0.1, 0.15) is 11.9 Å². The molecule has 0 aromatic heterocycles. The van der Waals surface area contributed by atoms with Crippen LogP contribution in [0, 0.1) is 5.82 Å². The lowest BCUT2D eigenvalue weighted by molar-refractivity contribution is -0.137. The smallest absolute Gasteiger partial charge is 0.326 e. The quantitative estimate of drug-likeness (QED) is 0.338. The molecule has 1 atom stereocenters. The van der Waals surface area contributed by atoms with E-state index in [1.165, 1.54) is 6.26 Å². The minimum atomic E-state index is -4.72. The molecule has 0 unspecified atom stereocenters. The van der Waals surface area contributed by atoms with Gasteiger partial charge in [-0.05, 0) is 77.8 Å². The maximum Gasteiger partial charge on any atom is 0.416 e. The van der Waals surface area contributed by atoms with E-state index >= 15 is 0 Å². The Labute approximate surface area is 234 Å². The number of anilines is 2. The minimum absolute atomic E-state index is 0.0971. The van der Waals surface area contributed by atoms with E-state index in [0.717, 1.165) is 35.6 Å². The number of halogens is 4. The predicted molar refractivity (Wildman–Crippen MR) is 147 cm³/mol. The van der Waals surface area contributed by atoms with Crippen LogP contribution in [0.5, 0.6) is 0 Å². The number of carbonyl (C=O) groups excluding carboxylic acids is 2. The largest absolute Gasteiger partial charge is 0.416 e. The fourth-order valence-electron chi connectivity index (χ4n) is 5.06. The van der Waals surface area contributed by atoms with Gasteiger partial charge >= 0.3 is 12.2 Å². The van der Waals surface area contributed by atoms with Gasteiger partial charge in [0.15, 0.2) is 9.84 Å². The molecule has 3 aromatic rings. The third-order valence-electron chi connectivity index (χ3n) is 7.14. The van der Waals surface area contributed by atoms with Gasteiger partial charge in [0.2, 0.25) is 5.91 Å². The molecule has 1 aliphatic heterocycles. The zero-order valence-corrected chi connectivity index (χ0v) is 22.8. The molecule has 2 fully saturated rings. The number of benzene rings is 3. The highest BCUT2D eigenvalue weighted by molar-refractivity contribution is 7.89. The molecule has 3 amide bonds. The lowest BCUT2D eigenvalue weighted by Gasteiger charge is -2.22. The first kappa shape index (κ1) is 28.6. The number of urea groups is 1. The maximum absolute atomic E-state index is 14.2. The maximum atomic E-state index is 14.2. The van der Waals surface area contributed by atoms with Crippen LogP contribution >= 0.6 is 0 Å². The van der Waals surface area contributed by atoms with Gasteiger partial charge in [0.05, 0.1) is 17.0 Å². The monoisotopic (exact) mass is 589 g/mol. The first-order valence-electron chi connectivity index (χ1n) is 13.0. The van der Waals surface area contributed by atoms with Gasteiger partial charge in [-0.3, -0.25) is 4.79 Å². The van der Waals surface area contributed by atoms with E-state index in [0.29, 0.717) is 29.9 Å². The van der Waals surface area contributed by atoms with E-state index in [-0.39, 0.29) is 24.0 Å². The highest BCUT2D eigenvalue weighted by atomic mass is 32.2. The average molecular weight is 590 g/mol. The lowest BCUT2D eigenvalue weighted by Crippen LogP contribution is -2.43. The molecule has 3 aromatic carbocycles. The summed E-state index contributed by atoms with van der Waals surface area (Å²) in [6.45, 7) is 0.322. The van der Waals surface area contributed by atoms with Crippen molar-refractivity contribution in [2.75, 3.05) is 23.0 Å². The van der Waals surface area contributed by atoms with Gasteiger partial charge in [-0.1, -0.05) is 30.3 Å². The Kier molecular flexibility index (Phi) is 7.54. The van der Waals surface area contributed by atoms with Crippen LogP contribution in [0.3, 0.4) is 0 Å². The molecule has 216 valence electrons. The summed E-state index contributed by atoms with van der Waals surface area (Å²) in [6, 6.07) is 12.9. The number of hydrogen-bond donors (Lipinski definition) is 2. The summed E-state index contributed by atoms with van der Waals surface area (Å²) >= 11 is 0. The molecule has 41 heavy (non-hydrogen) atoms. The Balaban J connectivity index is 1.32. The van der Waals surface area contributed by atoms with Crippen LogP contribution in [0.2, 0.25) is 0 Å². The number of rotatable bonds is 7. The van der Waals surface area contributed by atoms with Crippen molar-refractivity contribution in [2.45, 2.75) is 43.2 Å². The van der Waals surface area contributed by atoms with Crippen molar-refractivity contribution in [3.63, 3.8) is 0 Å². The summed E-state index contributed by atoms with van der Waals surface area (Å²) < 4.78 is 76.5. The number of nitrogens with zero attached hydrogens (tertiary/aromatic N) is 1. The van der Waals surface area contributed by atoms with Crippen LogP contribution in [0.4, 0.5) is 33.7 Å². The molecule has 0 radical (unpaired) electrons. The highest BCUT2D eigenvalue weighted by Gasteiger charge is 2.37. The summed E-state index contributed by atoms with van der Waals surface area (Å²) in [5.41, 5.74) is 2.36. The molecule has 7 nitrogen and oxygen atoms in total. The summed E-state index contributed by atoms with van der Waals surface area (Å²) in [7, 11) is -3.26. The second-order valence-electron chi connectivity index (χ2n) is 10.4. The summed E-state index contributed by atoms with van der Waals surface area (Å²) in [6.07, 6.45) is -1.35. The van der Waals surface area contributed by atoms with Crippen molar-refractivity contribution < 1.29 is 35.6 Å². The second kappa shape index (κ2) is 10.8. The van der Waals surface area contributed by atoms with E-state index in [1.54, 1.807) is 17.0 Å². The summed E-state index contributed by atoms with van der Waals surface area (Å²) in [4.78, 5) is 27.4. The lowest BCUT2D eigenvalue weighted by atomic mass is 9.96. The van der Waals surface area contributed by atoms with Crippen molar-refractivity contribution in [1.29, 1.82) is 0 Å². The van der Waals surface area contributed by atoms with Gasteiger partial charge in [-0.25, -0.2) is 17.6 Å². The Morgan fingerprint density at radius 2 is 1.76 bits per heavy atom. The first-order valence-corrected chi connectivity index (χ1v) is 15.0. The molecule has 2 aliphatic rings. The molecule has 12 heteroatoms. The topological polar surface area (TPSA) is 95.6 Å². The number of carbonyl (C=O) groups is 2. The number of alkyl halides is 3. The Bertz CT molecular complexity index is 1620. The van der Waals surface area contributed by atoms with E-state index in [2.05, 4.69) is 10.6 Å². The van der Waals surface area contributed by atoms with E-state index in [4.69, 9.17) is 0 Å². The van der Waals surface area contributed by atoms with Crippen molar-refractivity contribution in [3.8, 4) is 11.1 Å². The standard InChI is InChI=1S/C29H27F4N3O4S/c1-41(39,40)16-19-4-2-3-5-21(19)18-8-11-26(22(14-18)17-6-7-17)36-13-12-25(27(36)37)35-28(38)34-24-10-9-20(15-23(24)30)29(31,32)33/h2-5,8-11,14-15,17,25H,6-7,12-13,16H2,1H3,(H2,34,35,38)/t25-/m1/s1. The van der Waals surface area contributed by atoms with E-state index in [9.17, 15) is 35.6 Å². The molecule has 1 saturated heterocycles. The van der Waals surface area contributed by atoms with Crippen molar-refractivity contribution in [2.24, 2.45) is 0 Å². The van der Waals surface area contributed by atoms with Crippen LogP contribution in [0.1, 0.15) is 41.9 Å². The van der Waals surface area contributed by atoms with Crippen LogP contribution in [-0.4, -0.2) is 39.2 Å². The summed E-state index contributed by atoms with van der Waals surface area (Å²) in [5, 5.41) is 4.66. The predicted octanol–water partition coefficient (Wildman–Crippen LogP) is 5.86. The number of nitrogens with one attached hydrogen (secondary N) is 2. The first-order chi connectivity index (χ1) is 19.3. The van der Waals surface area contributed by atoms with Gasteiger partial charge in [0, 0.05) is 18.5 Å². The SMILES string of the molecule is CS(=O)(=O)Cc1ccccc1-c1ccc(N2CC[C@@H](NC(=O)Nc3ccc(C(F)(F)F)cc3F)C2=O)c(C2CC2)c1. The summed E-state index contributed by atoms with van der Waals surface area (Å²) in [5.74, 6) is -1.46. The molecule has 0 spiro atoms. The van der Waals surface area contributed by atoms with Crippen LogP contribution < -0.4 is 15.5 Å². The van der Waals surface area contributed by atoms with Gasteiger partial charge < -0.3 is 15.5 Å². The molecular weight excluding hydrogens is 562 g/mol. The van der Waals surface area contributed by atoms with E-state index < -0.39 is 45.2 Å². The minimum Gasteiger partial charge on any atom is -0.326 e. The second-order valence-corrected chi connectivity index (χ2v) is 12.5. The van der Waals surface area contributed by atoms with Crippen LogP contribution in [-0.2, 0) is 26.6 Å². The molecule has 5 rings (SSSR count). The fraction of sp³-hybridized carbons (Fsp3) is 0.310. The molecule has 2 N–H and O–H groups in total. The molecule has 0 bridgehead atoms. The van der Waals surface area contributed by atoms with Crippen molar-refractivity contribution in [3.05, 3.63) is 83.2 Å². The number of amides is 3. The van der Waals surface area contributed by atoms with Gasteiger partial charge in [0.25, 0.3) is 0 Å². The fourth-order valence-corrected chi connectivity index (χ4v) is 5.88. The normalized spacial score (nSPS) is 17.5. The Morgan fingerprint density at radius 3 is 2.41 bits per heavy atom. The van der Waals surface area contributed by atoms with Crippen molar-refractivity contribution >= 4 is 33.2 Å². The zero-order valence-electron chi connectivity index (χ0n) is 22.0. The molecule has 1 heterocycles. The Hall–Kier alpha value is -3.93. The van der Waals surface area contributed by atoms with E-state index in [1.807, 2.05) is 30.3 Å². The van der Waals surface area contributed by atoms with Gasteiger partial charge in [-0.15, -0.1) is 0 Å². The molecule has 1 aliphatic carbocycles.